The molecule has 0 spiro atoms. The molecular formula is C14H21NO2. The van der Waals surface area contributed by atoms with Crippen molar-refractivity contribution in [2.24, 2.45) is 0 Å². The van der Waals surface area contributed by atoms with E-state index in [1.165, 1.54) is 0 Å². The summed E-state index contributed by atoms with van der Waals surface area (Å²) < 4.78 is 0. The molecule has 94 valence electrons. The van der Waals surface area contributed by atoms with Crippen molar-refractivity contribution in [1.29, 1.82) is 0 Å². The van der Waals surface area contributed by atoms with Gasteiger partial charge in [0, 0.05) is 19.0 Å². The normalized spacial score (nSPS) is 11.3. The van der Waals surface area contributed by atoms with E-state index in [4.69, 9.17) is 0 Å². The lowest BCUT2D eigenvalue weighted by molar-refractivity contribution is 0.0325. The number of carbonyl (C=O) groups excluding carboxylic acids is 1. The third-order valence-corrected chi connectivity index (χ3v) is 3.32. The van der Waals surface area contributed by atoms with Crippen LogP contribution in [0.25, 0.3) is 0 Å². The summed E-state index contributed by atoms with van der Waals surface area (Å²) in [4.78, 5) is 11.7. The summed E-state index contributed by atoms with van der Waals surface area (Å²) >= 11 is 0. The number of amides is 1. The van der Waals surface area contributed by atoms with E-state index < -0.39 is 5.60 Å². The first-order valence-corrected chi connectivity index (χ1v) is 6.08. The lowest BCUT2D eigenvalue weighted by Crippen LogP contribution is -2.31. The second-order valence-corrected chi connectivity index (χ2v) is 4.34. The van der Waals surface area contributed by atoms with Crippen molar-refractivity contribution in [2.45, 2.75) is 38.7 Å². The third kappa shape index (κ3) is 3.30. The zero-order valence-electron chi connectivity index (χ0n) is 10.8. The van der Waals surface area contributed by atoms with Crippen molar-refractivity contribution in [2.75, 3.05) is 7.05 Å². The maximum absolute atomic E-state index is 11.7. The monoisotopic (exact) mass is 235 g/mol. The molecule has 1 aromatic rings. The summed E-state index contributed by atoms with van der Waals surface area (Å²) in [5, 5.41) is 13.0. The lowest BCUT2D eigenvalue weighted by atomic mass is 9.87. The van der Waals surface area contributed by atoms with Crippen LogP contribution < -0.4 is 5.32 Å². The van der Waals surface area contributed by atoms with E-state index in [0.29, 0.717) is 24.8 Å². The predicted molar refractivity (Wildman–Crippen MR) is 69.1 cm³/mol. The van der Waals surface area contributed by atoms with Gasteiger partial charge in [0.25, 0.3) is 5.91 Å². The van der Waals surface area contributed by atoms with Gasteiger partial charge in [0.15, 0.2) is 0 Å². The number of aliphatic hydroxyl groups is 1. The molecule has 0 heterocycles. The van der Waals surface area contributed by atoms with E-state index in [2.05, 4.69) is 5.32 Å². The summed E-state index contributed by atoms with van der Waals surface area (Å²) in [7, 11) is 1.62. The van der Waals surface area contributed by atoms with Crippen LogP contribution in [0.3, 0.4) is 0 Å². The van der Waals surface area contributed by atoms with Crippen molar-refractivity contribution in [3.8, 4) is 0 Å². The van der Waals surface area contributed by atoms with E-state index in [1.807, 2.05) is 32.0 Å². The first kappa shape index (κ1) is 13.7. The molecule has 1 aromatic carbocycles. The predicted octanol–water partition coefficient (Wildman–Crippen LogP) is 2.14. The number of benzene rings is 1. The molecule has 0 aliphatic rings. The molecule has 0 bridgehead atoms. The molecule has 0 aromatic heterocycles. The maximum atomic E-state index is 11.7. The topological polar surface area (TPSA) is 49.3 Å². The van der Waals surface area contributed by atoms with Crippen LogP contribution in [0.5, 0.6) is 0 Å². The molecule has 0 aliphatic carbocycles. The Kier molecular flexibility index (Phi) is 4.70. The van der Waals surface area contributed by atoms with Gasteiger partial charge in [-0.05, 0) is 24.5 Å². The van der Waals surface area contributed by atoms with E-state index in [1.54, 1.807) is 13.1 Å². The van der Waals surface area contributed by atoms with Crippen molar-refractivity contribution >= 4 is 5.91 Å². The molecule has 0 aliphatic heterocycles. The molecular weight excluding hydrogens is 214 g/mol. The fraction of sp³-hybridized carbons (Fsp3) is 0.500. The number of carbonyl (C=O) groups is 1. The fourth-order valence-corrected chi connectivity index (χ4v) is 1.89. The molecule has 1 amide bonds. The van der Waals surface area contributed by atoms with Gasteiger partial charge in [0.1, 0.15) is 0 Å². The van der Waals surface area contributed by atoms with Gasteiger partial charge in [0.05, 0.1) is 5.60 Å². The van der Waals surface area contributed by atoms with Crippen molar-refractivity contribution in [1.82, 2.24) is 5.32 Å². The van der Waals surface area contributed by atoms with Crippen LogP contribution in [0, 0.1) is 0 Å². The van der Waals surface area contributed by atoms with Crippen LogP contribution >= 0.6 is 0 Å². The Morgan fingerprint density at radius 3 is 2.41 bits per heavy atom. The quantitative estimate of drug-likeness (QED) is 0.821. The van der Waals surface area contributed by atoms with Crippen LogP contribution in [-0.4, -0.2) is 23.7 Å². The zero-order chi connectivity index (χ0) is 12.9. The number of nitrogens with one attached hydrogen (secondary N) is 1. The number of rotatable bonds is 5. The van der Waals surface area contributed by atoms with Gasteiger partial charge < -0.3 is 10.4 Å². The minimum absolute atomic E-state index is 0.102. The number of hydrogen-bond donors (Lipinski definition) is 2. The SMILES string of the molecule is CCC(O)(CC)Cc1ccccc1C(=O)NC. The van der Waals surface area contributed by atoms with Gasteiger partial charge in [-0.3, -0.25) is 4.79 Å². The smallest absolute Gasteiger partial charge is 0.251 e. The van der Waals surface area contributed by atoms with Crippen LogP contribution in [0.4, 0.5) is 0 Å². The summed E-state index contributed by atoms with van der Waals surface area (Å²) in [5.74, 6) is -0.102. The second kappa shape index (κ2) is 5.82. The molecule has 3 heteroatoms. The first-order chi connectivity index (χ1) is 8.06. The summed E-state index contributed by atoms with van der Waals surface area (Å²) in [6.07, 6.45) is 1.89. The standard InChI is InChI=1S/C14H21NO2/c1-4-14(17,5-2)10-11-8-6-7-9-12(11)13(16)15-3/h6-9,17H,4-5,10H2,1-3H3,(H,15,16). The fourth-order valence-electron chi connectivity index (χ4n) is 1.89. The third-order valence-electron chi connectivity index (χ3n) is 3.32. The Morgan fingerprint density at radius 1 is 1.29 bits per heavy atom. The van der Waals surface area contributed by atoms with E-state index in [0.717, 1.165) is 5.56 Å². The average Bonchev–Trinajstić information content (AvgIpc) is 2.38. The number of hydrogen-bond acceptors (Lipinski definition) is 2. The van der Waals surface area contributed by atoms with Crippen LogP contribution in [0.15, 0.2) is 24.3 Å². The van der Waals surface area contributed by atoms with Gasteiger partial charge in [-0.25, -0.2) is 0 Å². The lowest BCUT2D eigenvalue weighted by Gasteiger charge is -2.26. The summed E-state index contributed by atoms with van der Waals surface area (Å²) in [6.45, 7) is 3.93. The molecule has 0 radical (unpaired) electrons. The van der Waals surface area contributed by atoms with E-state index in [9.17, 15) is 9.90 Å². The molecule has 0 saturated heterocycles. The Bertz CT molecular complexity index is 384. The summed E-state index contributed by atoms with van der Waals surface area (Å²) in [5.41, 5.74) is 0.831. The molecule has 0 atom stereocenters. The van der Waals surface area contributed by atoms with Gasteiger partial charge in [0.2, 0.25) is 0 Å². The van der Waals surface area contributed by atoms with E-state index in [-0.39, 0.29) is 5.91 Å². The first-order valence-electron chi connectivity index (χ1n) is 6.08. The minimum Gasteiger partial charge on any atom is -0.390 e. The Labute approximate surface area is 103 Å². The van der Waals surface area contributed by atoms with Gasteiger partial charge in [-0.1, -0.05) is 32.0 Å². The Morgan fingerprint density at radius 2 is 1.88 bits per heavy atom. The molecule has 0 unspecified atom stereocenters. The zero-order valence-corrected chi connectivity index (χ0v) is 10.8. The molecule has 3 nitrogen and oxygen atoms in total. The molecule has 1 rings (SSSR count). The second-order valence-electron chi connectivity index (χ2n) is 4.34. The Balaban J connectivity index is 3.02. The van der Waals surface area contributed by atoms with E-state index >= 15 is 0 Å². The highest BCUT2D eigenvalue weighted by molar-refractivity contribution is 5.95. The van der Waals surface area contributed by atoms with Crippen LogP contribution in [0.1, 0.15) is 42.6 Å². The maximum Gasteiger partial charge on any atom is 0.251 e. The largest absolute Gasteiger partial charge is 0.390 e. The van der Waals surface area contributed by atoms with Crippen LogP contribution in [0.2, 0.25) is 0 Å². The van der Waals surface area contributed by atoms with Gasteiger partial charge in [-0.15, -0.1) is 0 Å². The average molecular weight is 235 g/mol. The van der Waals surface area contributed by atoms with Crippen molar-refractivity contribution in [3.63, 3.8) is 0 Å². The minimum atomic E-state index is -0.718. The summed E-state index contributed by atoms with van der Waals surface area (Å²) in [6, 6.07) is 7.43. The Hall–Kier alpha value is -1.35. The van der Waals surface area contributed by atoms with Crippen molar-refractivity contribution < 1.29 is 9.90 Å². The molecule has 17 heavy (non-hydrogen) atoms. The molecule has 0 saturated carbocycles. The van der Waals surface area contributed by atoms with Crippen molar-refractivity contribution in [3.05, 3.63) is 35.4 Å². The highest BCUT2D eigenvalue weighted by Crippen LogP contribution is 2.23. The van der Waals surface area contributed by atoms with Crippen LogP contribution in [-0.2, 0) is 6.42 Å². The highest BCUT2D eigenvalue weighted by Gasteiger charge is 2.24. The molecule has 0 fully saturated rings. The van der Waals surface area contributed by atoms with Gasteiger partial charge in [-0.2, -0.15) is 0 Å². The molecule has 2 N–H and O–H groups in total. The highest BCUT2D eigenvalue weighted by atomic mass is 16.3. The van der Waals surface area contributed by atoms with Gasteiger partial charge >= 0.3 is 0 Å².